The van der Waals surface area contributed by atoms with Crippen LogP contribution in [-0.4, -0.2) is 26.3 Å². The van der Waals surface area contributed by atoms with Crippen LogP contribution in [0, 0.1) is 0 Å². The molecular formula is C20H20N2O3. The van der Waals surface area contributed by atoms with Crippen molar-refractivity contribution in [3.63, 3.8) is 0 Å². The number of ether oxygens (including phenoxy) is 3. The van der Waals surface area contributed by atoms with E-state index in [1.54, 1.807) is 21.3 Å². The van der Waals surface area contributed by atoms with Crippen molar-refractivity contribution in [1.82, 2.24) is 4.98 Å². The number of anilines is 2. The molecule has 0 saturated heterocycles. The molecule has 3 rings (SSSR count). The maximum Gasteiger partial charge on any atom is 0.161 e. The standard InChI is InChI=1S/C20H20N2O3/c1-23-16-10-8-15(9-11-16)21-20-6-4-5-17(22-20)14-7-12-18(24-2)19(13-14)25-3/h4-13H,1-3H3,(H,21,22). The first-order chi connectivity index (χ1) is 12.2. The van der Waals surface area contributed by atoms with E-state index < -0.39 is 0 Å². The molecule has 0 aliphatic rings. The Morgan fingerprint density at radius 1 is 0.760 bits per heavy atom. The van der Waals surface area contributed by atoms with E-state index in [1.807, 2.05) is 60.7 Å². The van der Waals surface area contributed by atoms with Crippen molar-refractivity contribution in [3.8, 4) is 28.5 Å². The lowest BCUT2D eigenvalue weighted by atomic mass is 10.1. The van der Waals surface area contributed by atoms with Crippen LogP contribution in [-0.2, 0) is 0 Å². The van der Waals surface area contributed by atoms with E-state index in [1.165, 1.54) is 0 Å². The van der Waals surface area contributed by atoms with Crippen molar-refractivity contribution in [3.05, 3.63) is 60.7 Å². The zero-order valence-electron chi connectivity index (χ0n) is 14.4. The van der Waals surface area contributed by atoms with Gasteiger partial charge in [0.25, 0.3) is 0 Å². The van der Waals surface area contributed by atoms with E-state index in [0.29, 0.717) is 11.5 Å². The molecule has 5 heteroatoms. The number of nitrogens with one attached hydrogen (secondary N) is 1. The van der Waals surface area contributed by atoms with Crippen LogP contribution < -0.4 is 19.5 Å². The molecule has 0 fully saturated rings. The second-order valence-corrected chi connectivity index (χ2v) is 5.33. The molecule has 0 aliphatic heterocycles. The summed E-state index contributed by atoms with van der Waals surface area (Å²) < 4.78 is 15.8. The Labute approximate surface area is 147 Å². The summed E-state index contributed by atoms with van der Waals surface area (Å²) in [7, 11) is 4.89. The summed E-state index contributed by atoms with van der Waals surface area (Å²) in [4.78, 5) is 4.67. The van der Waals surface area contributed by atoms with Gasteiger partial charge in [-0.3, -0.25) is 0 Å². The van der Waals surface area contributed by atoms with Gasteiger partial charge in [-0.2, -0.15) is 0 Å². The summed E-state index contributed by atoms with van der Waals surface area (Å²) in [6.07, 6.45) is 0. The number of methoxy groups -OCH3 is 3. The second kappa shape index (κ2) is 7.57. The largest absolute Gasteiger partial charge is 0.497 e. The molecule has 25 heavy (non-hydrogen) atoms. The summed E-state index contributed by atoms with van der Waals surface area (Å²) >= 11 is 0. The van der Waals surface area contributed by atoms with Crippen molar-refractivity contribution >= 4 is 11.5 Å². The minimum atomic E-state index is 0.676. The quantitative estimate of drug-likeness (QED) is 0.717. The Morgan fingerprint density at radius 3 is 2.20 bits per heavy atom. The van der Waals surface area contributed by atoms with Crippen LogP contribution in [0.2, 0.25) is 0 Å². The van der Waals surface area contributed by atoms with Crippen LogP contribution in [0.25, 0.3) is 11.3 Å². The Balaban J connectivity index is 1.85. The first-order valence-electron chi connectivity index (χ1n) is 7.84. The highest BCUT2D eigenvalue weighted by atomic mass is 16.5. The van der Waals surface area contributed by atoms with Gasteiger partial charge in [0, 0.05) is 11.3 Å². The normalized spacial score (nSPS) is 10.2. The van der Waals surface area contributed by atoms with Gasteiger partial charge in [-0.05, 0) is 54.6 Å². The third-order valence-corrected chi connectivity index (χ3v) is 3.79. The molecule has 0 atom stereocenters. The van der Waals surface area contributed by atoms with E-state index in [9.17, 15) is 0 Å². The second-order valence-electron chi connectivity index (χ2n) is 5.33. The first-order valence-corrected chi connectivity index (χ1v) is 7.84. The Bertz CT molecular complexity index is 848. The highest BCUT2D eigenvalue weighted by molar-refractivity contribution is 5.67. The first kappa shape index (κ1) is 16.6. The highest BCUT2D eigenvalue weighted by Crippen LogP contribution is 2.32. The molecule has 0 amide bonds. The van der Waals surface area contributed by atoms with Crippen LogP contribution >= 0.6 is 0 Å². The van der Waals surface area contributed by atoms with Gasteiger partial charge in [-0.25, -0.2) is 4.98 Å². The molecule has 128 valence electrons. The van der Waals surface area contributed by atoms with Crippen molar-refractivity contribution in [2.75, 3.05) is 26.6 Å². The van der Waals surface area contributed by atoms with Gasteiger partial charge in [0.05, 0.1) is 27.0 Å². The molecule has 0 spiro atoms. The Morgan fingerprint density at radius 2 is 1.52 bits per heavy atom. The van der Waals surface area contributed by atoms with Crippen LogP contribution in [0.1, 0.15) is 0 Å². The van der Waals surface area contributed by atoms with Crippen LogP contribution in [0.5, 0.6) is 17.2 Å². The molecule has 0 saturated carbocycles. The van der Waals surface area contributed by atoms with Gasteiger partial charge >= 0.3 is 0 Å². The fourth-order valence-electron chi connectivity index (χ4n) is 2.48. The molecule has 1 heterocycles. The van der Waals surface area contributed by atoms with Crippen molar-refractivity contribution in [2.45, 2.75) is 0 Å². The molecule has 0 radical (unpaired) electrons. The maximum absolute atomic E-state index is 5.37. The lowest BCUT2D eigenvalue weighted by Crippen LogP contribution is -1.96. The average molecular weight is 336 g/mol. The predicted molar refractivity (Wildman–Crippen MR) is 99.1 cm³/mol. The zero-order valence-corrected chi connectivity index (χ0v) is 14.4. The van der Waals surface area contributed by atoms with Crippen LogP contribution in [0.15, 0.2) is 60.7 Å². The number of pyridine rings is 1. The van der Waals surface area contributed by atoms with E-state index in [0.717, 1.165) is 28.5 Å². The van der Waals surface area contributed by atoms with Gasteiger partial charge in [0.2, 0.25) is 0 Å². The third-order valence-electron chi connectivity index (χ3n) is 3.79. The van der Waals surface area contributed by atoms with E-state index in [-0.39, 0.29) is 0 Å². The monoisotopic (exact) mass is 336 g/mol. The van der Waals surface area contributed by atoms with Gasteiger partial charge in [-0.1, -0.05) is 6.07 Å². The number of aromatic nitrogens is 1. The summed E-state index contributed by atoms with van der Waals surface area (Å²) in [5.74, 6) is 2.95. The molecule has 0 aliphatic carbocycles. The number of rotatable bonds is 6. The van der Waals surface area contributed by atoms with E-state index in [2.05, 4.69) is 10.3 Å². The highest BCUT2D eigenvalue weighted by Gasteiger charge is 2.08. The third kappa shape index (κ3) is 3.83. The number of hydrogen-bond donors (Lipinski definition) is 1. The average Bonchev–Trinajstić information content (AvgIpc) is 2.68. The van der Waals surface area contributed by atoms with Crippen molar-refractivity contribution in [2.24, 2.45) is 0 Å². The van der Waals surface area contributed by atoms with Crippen LogP contribution in [0.3, 0.4) is 0 Å². The lowest BCUT2D eigenvalue weighted by Gasteiger charge is -2.11. The number of hydrogen-bond acceptors (Lipinski definition) is 5. The molecule has 0 unspecified atom stereocenters. The molecular weight excluding hydrogens is 316 g/mol. The number of benzene rings is 2. The van der Waals surface area contributed by atoms with Crippen LogP contribution in [0.4, 0.5) is 11.5 Å². The zero-order chi connectivity index (χ0) is 17.6. The Kier molecular flexibility index (Phi) is 5.04. The van der Waals surface area contributed by atoms with Gasteiger partial charge in [-0.15, -0.1) is 0 Å². The molecule has 3 aromatic rings. The smallest absolute Gasteiger partial charge is 0.161 e. The van der Waals surface area contributed by atoms with Gasteiger partial charge in [0.1, 0.15) is 11.6 Å². The van der Waals surface area contributed by atoms with Gasteiger partial charge < -0.3 is 19.5 Å². The van der Waals surface area contributed by atoms with E-state index >= 15 is 0 Å². The van der Waals surface area contributed by atoms with Crippen molar-refractivity contribution in [1.29, 1.82) is 0 Å². The minimum absolute atomic E-state index is 0.676. The van der Waals surface area contributed by atoms with E-state index in [4.69, 9.17) is 14.2 Å². The summed E-state index contributed by atoms with van der Waals surface area (Å²) in [5.41, 5.74) is 2.74. The summed E-state index contributed by atoms with van der Waals surface area (Å²) in [5, 5.41) is 3.29. The van der Waals surface area contributed by atoms with Gasteiger partial charge in [0.15, 0.2) is 11.5 Å². The fourth-order valence-corrected chi connectivity index (χ4v) is 2.48. The lowest BCUT2D eigenvalue weighted by molar-refractivity contribution is 0.355. The Hall–Kier alpha value is -3.21. The molecule has 1 N–H and O–H groups in total. The minimum Gasteiger partial charge on any atom is -0.497 e. The predicted octanol–water partition coefficient (Wildman–Crippen LogP) is 4.52. The fraction of sp³-hybridized carbons (Fsp3) is 0.150. The molecule has 0 bridgehead atoms. The van der Waals surface area contributed by atoms with Crippen molar-refractivity contribution < 1.29 is 14.2 Å². The molecule has 1 aromatic heterocycles. The summed E-state index contributed by atoms with van der Waals surface area (Å²) in [6.45, 7) is 0. The molecule has 5 nitrogen and oxygen atoms in total. The topological polar surface area (TPSA) is 52.6 Å². The summed E-state index contributed by atoms with van der Waals surface area (Å²) in [6, 6.07) is 19.3. The SMILES string of the molecule is COc1ccc(Nc2cccc(-c3ccc(OC)c(OC)c3)n2)cc1. The maximum atomic E-state index is 5.37. The molecule has 2 aromatic carbocycles. The number of nitrogens with zero attached hydrogens (tertiary/aromatic N) is 1.